The van der Waals surface area contributed by atoms with Crippen molar-refractivity contribution in [2.75, 3.05) is 40.5 Å². The third kappa shape index (κ3) is 8.85. The van der Waals surface area contributed by atoms with Crippen molar-refractivity contribution in [2.24, 2.45) is 11.8 Å². The summed E-state index contributed by atoms with van der Waals surface area (Å²) in [5.74, 6) is 0.128. The van der Waals surface area contributed by atoms with Gasteiger partial charge in [-0.2, -0.15) is 0 Å². The minimum absolute atomic E-state index is 0.246. The number of nitrogens with zero attached hydrogens (tertiary/aromatic N) is 1. The van der Waals surface area contributed by atoms with Crippen LogP contribution < -0.4 is 14.8 Å². The number of carbonyl (C=O) groups excluding carboxylic acids is 3. The molecule has 0 aliphatic heterocycles. The summed E-state index contributed by atoms with van der Waals surface area (Å²) in [6, 6.07) is 4.70. The summed E-state index contributed by atoms with van der Waals surface area (Å²) in [5.41, 5.74) is 0.283. The zero-order valence-electron chi connectivity index (χ0n) is 18.1. The second-order valence-electron chi connectivity index (χ2n) is 7.53. The Labute approximate surface area is 172 Å². The molecule has 1 aromatic rings. The Balaban J connectivity index is 2.56. The van der Waals surface area contributed by atoms with Gasteiger partial charge in [-0.25, -0.2) is 0 Å². The largest absolute Gasteiger partial charge is 0.497 e. The van der Waals surface area contributed by atoms with E-state index in [2.05, 4.69) is 5.32 Å². The van der Waals surface area contributed by atoms with E-state index in [4.69, 9.17) is 14.2 Å². The van der Waals surface area contributed by atoms with Crippen LogP contribution in [0, 0.1) is 11.8 Å². The number of rotatable bonds is 11. The van der Waals surface area contributed by atoms with Crippen LogP contribution in [-0.2, 0) is 14.3 Å². The lowest BCUT2D eigenvalue weighted by Crippen LogP contribution is -2.40. The first-order chi connectivity index (χ1) is 13.7. The molecule has 0 unspecified atom stereocenters. The molecule has 2 amide bonds. The first kappa shape index (κ1) is 24.3. The molecule has 1 aromatic carbocycles. The number of esters is 1. The number of methoxy groups -OCH3 is 2. The first-order valence-corrected chi connectivity index (χ1v) is 9.60. The Morgan fingerprint density at radius 3 is 1.90 bits per heavy atom. The number of nitrogens with one attached hydrogen (secondary N) is 1. The van der Waals surface area contributed by atoms with Gasteiger partial charge in [0.05, 0.1) is 14.2 Å². The van der Waals surface area contributed by atoms with Crippen LogP contribution in [-0.4, -0.2) is 63.1 Å². The normalized spacial score (nSPS) is 10.6. The molecule has 0 saturated heterocycles. The molecule has 0 radical (unpaired) electrons. The molecule has 0 spiro atoms. The van der Waals surface area contributed by atoms with Crippen LogP contribution in [0.2, 0.25) is 0 Å². The number of carbonyl (C=O) groups is 3. The highest BCUT2D eigenvalue weighted by Crippen LogP contribution is 2.22. The van der Waals surface area contributed by atoms with E-state index < -0.39 is 11.9 Å². The van der Waals surface area contributed by atoms with Crippen LogP contribution in [0.15, 0.2) is 18.2 Å². The van der Waals surface area contributed by atoms with Gasteiger partial charge in [-0.15, -0.1) is 0 Å². The maximum atomic E-state index is 12.4. The van der Waals surface area contributed by atoms with E-state index in [-0.39, 0.29) is 24.6 Å². The van der Waals surface area contributed by atoms with Crippen molar-refractivity contribution in [1.29, 1.82) is 0 Å². The molecule has 0 fully saturated rings. The summed E-state index contributed by atoms with van der Waals surface area (Å²) in [7, 11) is 2.96. The van der Waals surface area contributed by atoms with Gasteiger partial charge in [-0.05, 0) is 24.0 Å². The third-order valence-corrected chi connectivity index (χ3v) is 3.89. The average molecular weight is 408 g/mol. The van der Waals surface area contributed by atoms with E-state index in [1.54, 1.807) is 11.0 Å². The fourth-order valence-electron chi connectivity index (χ4n) is 2.64. The van der Waals surface area contributed by atoms with Crippen LogP contribution in [0.4, 0.5) is 0 Å². The van der Waals surface area contributed by atoms with Gasteiger partial charge in [-0.3, -0.25) is 14.4 Å². The van der Waals surface area contributed by atoms with E-state index in [9.17, 15) is 14.4 Å². The zero-order chi connectivity index (χ0) is 22.0. The smallest absolute Gasteiger partial charge is 0.325 e. The summed E-state index contributed by atoms with van der Waals surface area (Å²) >= 11 is 0. The molecular weight excluding hydrogens is 376 g/mol. The standard InChI is InChI=1S/C21H32N2O6/c1-14(2)11-23(12-15(3)4)19(24)13-29-20(25)10-22-21(26)16-7-17(27-5)9-18(8-16)28-6/h7-9,14-15H,10-13H2,1-6H3,(H,22,26). The Morgan fingerprint density at radius 1 is 0.931 bits per heavy atom. The predicted octanol–water partition coefficient (Wildman–Crippen LogP) is 2.12. The SMILES string of the molecule is COc1cc(OC)cc(C(=O)NCC(=O)OCC(=O)N(CC(C)C)CC(C)C)c1. The summed E-state index contributed by atoms with van der Waals surface area (Å²) < 4.78 is 15.3. The Morgan fingerprint density at radius 2 is 1.45 bits per heavy atom. The van der Waals surface area contributed by atoms with E-state index >= 15 is 0 Å². The van der Waals surface area contributed by atoms with Crippen molar-refractivity contribution >= 4 is 17.8 Å². The van der Waals surface area contributed by atoms with Crippen molar-refractivity contribution in [2.45, 2.75) is 27.7 Å². The molecule has 1 N–H and O–H groups in total. The molecule has 0 bridgehead atoms. The molecule has 8 nitrogen and oxygen atoms in total. The second-order valence-corrected chi connectivity index (χ2v) is 7.53. The Kier molecular flexibility index (Phi) is 9.99. The lowest BCUT2D eigenvalue weighted by molar-refractivity contribution is -0.151. The molecule has 8 heteroatoms. The first-order valence-electron chi connectivity index (χ1n) is 9.60. The summed E-state index contributed by atoms with van der Waals surface area (Å²) in [6.45, 7) is 8.60. The zero-order valence-corrected chi connectivity index (χ0v) is 18.1. The molecule has 29 heavy (non-hydrogen) atoms. The Bertz CT molecular complexity index is 670. The Hall–Kier alpha value is -2.77. The minimum atomic E-state index is -0.685. The van der Waals surface area contributed by atoms with E-state index in [1.165, 1.54) is 26.4 Å². The van der Waals surface area contributed by atoms with Crippen LogP contribution in [0.5, 0.6) is 11.5 Å². The highest BCUT2D eigenvalue weighted by atomic mass is 16.5. The van der Waals surface area contributed by atoms with Crippen molar-refractivity contribution in [1.82, 2.24) is 10.2 Å². The molecule has 162 valence electrons. The second kappa shape index (κ2) is 11.9. The number of hydrogen-bond donors (Lipinski definition) is 1. The minimum Gasteiger partial charge on any atom is -0.497 e. The van der Waals surface area contributed by atoms with Crippen molar-refractivity contribution in [3.8, 4) is 11.5 Å². The molecule has 0 aliphatic carbocycles. The molecule has 0 aromatic heterocycles. The molecule has 0 atom stereocenters. The van der Waals surface area contributed by atoms with Gasteiger partial charge in [0.2, 0.25) is 0 Å². The lowest BCUT2D eigenvalue weighted by Gasteiger charge is -2.26. The van der Waals surface area contributed by atoms with Gasteiger partial charge in [0, 0.05) is 24.7 Å². The van der Waals surface area contributed by atoms with Crippen molar-refractivity contribution in [3.05, 3.63) is 23.8 Å². The lowest BCUT2D eigenvalue weighted by atomic mass is 10.1. The van der Waals surface area contributed by atoms with Crippen LogP contribution in [0.25, 0.3) is 0 Å². The quantitative estimate of drug-likeness (QED) is 0.564. The van der Waals surface area contributed by atoms with E-state index in [0.717, 1.165) is 0 Å². The number of ether oxygens (including phenoxy) is 3. The number of benzene rings is 1. The monoisotopic (exact) mass is 408 g/mol. The topological polar surface area (TPSA) is 94.2 Å². The maximum Gasteiger partial charge on any atom is 0.325 e. The van der Waals surface area contributed by atoms with Gasteiger partial charge in [0.1, 0.15) is 18.0 Å². The molecule has 1 rings (SSSR count). The van der Waals surface area contributed by atoms with E-state index in [0.29, 0.717) is 36.4 Å². The number of amides is 2. The van der Waals surface area contributed by atoms with Gasteiger partial charge < -0.3 is 24.4 Å². The highest BCUT2D eigenvalue weighted by Gasteiger charge is 2.18. The van der Waals surface area contributed by atoms with Gasteiger partial charge in [0.25, 0.3) is 11.8 Å². The van der Waals surface area contributed by atoms with Crippen LogP contribution >= 0.6 is 0 Å². The highest BCUT2D eigenvalue weighted by molar-refractivity contribution is 5.96. The fourth-order valence-corrected chi connectivity index (χ4v) is 2.64. The molecular formula is C21H32N2O6. The molecule has 0 saturated carbocycles. The fraction of sp³-hybridized carbons (Fsp3) is 0.571. The summed E-state index contributed by atoms with van der Waals surface area (Å²) in [5, 5.41) is 2.47. The van der Waals surface area contributed by atoms with Gasteiger partial charge in [-0.1, -0.05) is 27.7 Å². The average Bonchev–Trinajstić information content (AvgIpc) is 2.68. The van der Waals surface area contributed by atoms with Crippen LogP contribution in [0.1, 0.15) is 38.1 Å². The summed E-state index contributed by atoms with van der Waals surface area (Å²) in [6.07, 6.45) is 0. The van der Waals surface area contributed by atoms with E-state index in [1.807, 2.05) is 27.7 Å². The predicted molar refractivity (Wildman–Crippen MR) is 109 cm³/mol. The maximum absolute atomic E-state index is 12.4. The third-order valence-electron chi connectivity index (χ3n) is 3.89. The van der Waals surface area contributed by atoms with Crippen molar-refractivity contribution in [3.63, 3.8) is 0 Å². The van der Waals surface area contributed by atoms with Crippen LogP contribution in [0.3, 0.4) is 0 Å². The van der Waals surface area contributed by atoms with Gasteiger partial charge >= 0.3 is 5.97 Å². The van der Waals surface area contributed by atoms with Gasteiger partial charge in [0.15, 0.2) is 6.61 Å². The molecule has 0 heterocycles. The van der Waals surface area contributed by atoms with Crippen molar-refractivity contribution < 1.29 is 28.6 Å². The number of hydrogen-bond acceptors (Lipinski definition) is 6. The molecule has 0 aliphatic rings. The summed E-state index contributed by atoms with van der Waals surface area (Å²) in [4.78, 5) is 38.3.